The fraction of sp³-hybridized carbons (Fsp3) is 0.625. The normalized spacial score (nSPS) is 16.7. The second-order valence-electron chi connectivity index (χ2n) is 3.00. The van der Waals surface area contributed by atoms with Crippen molar-refractivity contribution in [3.05, 3.63) is 9.88 Å². The van der Waals surface area contributed by atoms with Gasteiger partial charge >= 0.3 is 0 Å². The number of fused-ring (bicyclic) bond motifs is 1. The number of aromatic nitrogens is 1. The SMILES string of the molecule is Cc1nc2c(s1)CCCN2C. The molecule has 11 heavy (non-hydrogen) atoms. The van der Waals surface area contributed by atoms with E-state index in [9.17, 15) is 0 Å². The summed E-state index contributed by atoms with van der Waals surface area (Å²) in [6.07, 6.45) is 2.51. The number of hydrogen-bond acceptors (Lipinski definition) is 3. The Labute approximate surface area is 70.9 Å². The molecule has 1 aromatic heterocycles. The summed E-state index contributed by atoms with van der Waals surface area (Å²) in [5.41, 5.74) is 0. The van der Waals surface area contributed by atoms with Crippen LogP contribution in [0.4, 0.5) is 5.82 Å². The number of hydrogen-bond donors (Lipinski definition) is 0. The van der Waals surface area contributed by atoms with Crippen LogP contribution in [0, 0.1) is 6.92 Å². The number of thiazole rings is 1. The van der Waals surface area contributed by atoms with Crippen molar-refractivity contribution < 1.29 is 0 Å². The van der Waals surface area contributed by atoms with Gasteiger partial charge in [0.25, 0.3) is 0 Å². The van der Waals surface area contributed by atoms with Crippen LogP contribution < -0.4 is 4.90 Å². The summed E-state index contributed by atoms with van der Waals surface area (Å²) >= 11 is 1.84. The highest BCUT2D eigenvalue weighted by atomic mass is 32.1. The largest absolute Gasteiger partial charge is 0.359 e. The van der Waals surface area contributed by atoms with Crippen LogP contribution in [0.5, 0.6) is 0 Å². The quantitative estimate of drug-likeness (QED) is 0.587. The van der Waals surface area contributed by atoms with Crippen molar-refractivity contribution in [3.63, 3.8) is 0 Å². The molecule has 60 valence electrons. The molecule has 0 unspecified atom stereocenters. The van der Waals surface area contributed by atoms with Crippen LogP contribution in [-0.2, 0) is 6.42 Å². The molecule has 1 aromatic rings. The highest BCUT2D eigenvalue weighted by molar-refractivity contribution is 7.12. The molecular weight excluding hydrogens is 156 g/mol. The van der Waals surface area contributed by atoms with Crippen LogP contribution >= 0.6 is 11.3 Å². The number of nitrogens with zero attached hydrogens (tertiary/aromatic N) is 2. The number of anilines is 1. The average molecular weight is 168 g/mol. The Kier molecular flexibility index (Phi) is 1.60. The lowest BCUT2D eigenvalue weighted by molar-refractivity contribution is 0.744. The summed E-state index contributed by atoms with van der Waals surface area (Å²) in [5, 5.41) is 1.20. The number of aryl methyl sites for hydroxylation is 2. The van der Waals surface area contributed by atoms with Crippen molar-refractivity contribution in [2.75, 3.05) is 18.5 Å². The predicted octanol–water partition coefficient (Wildman–Crippen LogP) is 1.83. The molecular formula is C8H12N2S. The molecule has 0 saturated carbocycles. The maximum absolute atomic E-state index is 4.48. The third-order valence-corrected chi connectivity index (χ3v) is 3.06. The first-order valence-corrected chi connectivity index (χ1v) is 4.76. The summed E-state index contributed by atoms with van der Waals surface area (Å²) in [6, 6.07) is 0. The van der Waals surface area contributed by atoms with Gasteiger partial charge in [0.1, 0.15) is 5.82 Å². The summed E-state index contributed by atoms with van der Waals surface area (Å²) in [6.45, 7) is 3.24. The van der Waals surface area contributed by atoms with Gasteiger partial charge in [-0.15, -0.1) is 11.3 Å². The molecule has 2 nitrogen and oxygen atoms in total. The Hall–Kier alpha value is -0.570. The lowest BCUT2D eigenvalue weighted by Gasteiger charge is -2.22. The molecule has 0 bridgehead atoms. The van der Waals surface area contributed by atoms with Gasteiger partial charge < -0.3 is 4.90 Å². The lowest BCUT2D eigenvalue weighted by atomic mass is 10.2. The van der Waals surface area contributed by atoms with Crippen LogP contribution in [0.15, 0.2) is 0 Å². The zero-order valence-corrected chi connectivity index (χ0v) is 7.74. The van der Waals surface area contributed by atoms with Crippen molar-refractivity contribution in [2.24, 2.45) is 0 Å². The topological polar surface area (TPSA) is 16.1 Å². The molecule has 0 N–H and O–H groups in total. The van der Waals surface area contributed by atoms with Gasteiger partial charge in [0, 0.05) is 18.5 Å². The lowest BCUT2D eigenvalue weighted by Crippen LogP contribution is -2.24. The number of rotatable bonds is 0. The predicted molar refractivity (Wildman–Crippen MR) is 48.4 cm³/mol. The molecule has 3 heteroatoms. The first-order chi connectivity index (χ1) is 5.27. The second kappa shape index (κ2) is 2.48. The van der Waals surface area contributed by atoms with Crippen LogP contribution in [0.2, 0.25) is 0 Å². The molecule has 0 spiro atoms. The van der Waals surface area contributed by atoms with Gasteiger partial charge in [-0.1, -0.05) is 0 Å². The molecule has 0 aliphatic carbocycles. The molecule has 0 aromatic carbocycles. The van der Waals surface area contributed by atoms with Gasteiger partial charge in [0.2, 0.25) is 0 Å². The third kappa shape index (κ3) is 1.13. The van der Waals surface area contributed by atoms with Gasteiger partial charge in [-0.25, -0.2) is 4.98 Å². The molecule has 2 rings (SSSR count). The Balaban J connectivity index is 2.43. The first kappa shape index (κ1) is 7.10. The average Bonchev–Trinajstić information content (AvgIpc) is 2.31. The molecule has 1 aliphatic rings. The molecule has 2 heterocycles. The van der Waals surface area contributed by atoms with E-state index in [2.05, 4.69) is 23.9 Å². The molecule has 0 amide bonds. The van der Waals surface area contributed by atoms with Crippen molar-refractivity contribution in [1.29, 1.82) is 0 Å². The van der Waals surface area contributed by atoms with Gasteiger partial charge in [0.15, 0.2) is 0 Å². The van der Waals surface area contributed by atoms with E-state index in [0.717, 1.165) is 6.54 Å². The van der Waals surface area contributed by atoms with Gasteiger partial charge in [0.05, 0.1) is 5.01 Å². The van der Waals surface area contributed by atoms with E-state index in [1.807, 2.05) is 11.3 Å². The molecule has 0 fully saturated rings. The highest BCUT2D eigenvalue weighted by Crippen LogP contribution is 2.29. The Morgan fingerprint density at radius 2 is 2.36 bits per heavy atom. The van der Waals surface area contributed by atoms with E-state index >= 15 is 0 Å². The smallest absolute Gasteiger partial charge is 0.142 e. The van der Waals surface area contributed by atoms with Crippen LogP contribution in [0.1, 0.15) is 16.3 Å². The Bertz CT molecular complexity index is 267. The van der Waals surface area contributed by atoms with Crippen LogP contribution in [0.25, 0.3) is 0 Å². The monoisotopic (exact) mass is 168 g/mol. The van der Waals surface area contributed by atoms with E-state index in [4.69, 9.17) is 0 Å². The fourth-order valence-corrected chi connectivity index (χ4v) is 2.53. The standard InChI is InChI=1S/C8H12N2S/c1-6-9-8-7(11-6)4-3-5-10(8)2/h3-5H2,1-2H3. The Morgan fingerprint density at radius 3 is 3.09 bits per heavy atom. The van der Waals surface area contributed by atoms with Crippen molar-refractivity contribution in [1.82, 2.24) is 4.98 Å². The zero-order chi connectivity index (χ0) is 7.84. The third-order valence-electron chi connectivity index (χ3n) is 2.04. The summed E-state index contributed by atoms with van der Waals surface area (Å²) in [4.78, 5) is 8.20. The molecule has 0 saturated heterocycles. The van der Waals surface area contributed by atoms with Gasteiger partial charge in [-0.2, -0.15) is 0 Å². The molecule has 0 atom stereocenters. The zero-order valence-electron chi connectivity index (χ0n) is 6.92. The van der Waals surface area contributed by atoms with E-state index in [0.29, 0.717) is 0 Å². The van der Waals surface area contributed by atoms with Crippen LogP contribution in [0.3, 0.4) is 0 Å². The summed E-state index contributed by atoms with van der Waals surface area (Å²) < 4.78 is 0. The summed E-state index contributed by atoms with van der Waals surface area (Å²) in [7, 11) is 2.12. The van der Waals surface area contributed by atoms with E-state index in [-0.39, 0.29) is 0 Å². The second-order valence-corrected chi connectivity index (χ2v) is 4.29. The van der Waals surface area contributed by atoms with Crippen LogP contribution in [-0.4, -0.2) is 18.6 Å². The minimum absolute atomic E-state index is 1.16. The van der Waals surface area contributed by atoms with Crippen molar-refractivity contribution in [2.45, 2.75) is 19.8 Å². The summed E-state index contributed by atoms with van der Waals surface area (Å²) in [5.74, 6) is 1.22. The van der Waals surface area contributed by atoms with E-state index in [1.165, 1.54) is 28.5 Å². The molecule has 1 aliphatic heterocycles. The van der Waals surface area contributed by atoms with E-state index in [1.54, 1.807) is 0 Å². The van der Waals surface area contributed by atoms with Crippen molar-refractivity contribution >= 4 is 17.2 Å². The molecule has 0 radical (unpaired) electrons. The van der Waals surface area contributed by atoms with Gasteiger partial charge in [-0.05, 0) is 19.8 Å². The fourth-order valence-electron chi connectivity index (χ4n) is 1.50. The van der Waals surface area contributed by atoms with Crippen molar-refractivity contribution in [3.8, 4) is 0 Å². The Morgan fingerprint density at radius 1 is 1.55 bits per heavy atom. The maximum Gasteiger partial charge on any atom is 0.142 e. The minimum atomic E-state index is 1.16. The minimum Gasteiger partial charge on any atom is -0.359 e. The van der Waals surface area contributed by atoms with Gasteiger partial charge in [-0.3, -0.25) is 0 Å². The highest BCUT2D eigenvalue weighted by Gasteiger charge is 2.17. The first-order valence-electron chi connectivity index (χ1n) is 3.95. The maximum atomic E-state index is 4.48. The van der Waals surface area contributed by atoms with E-state index < -0.39 is 0 Å².